The molecule has 2 aromatic heterocycles. The van der Waals surface area contributed by atoms with Crippen LogP contribution < -0.4 is 10.6 Å². The van der Waals surface area contributed by atoms with Crippen LogP contribution in [-0.4, -0.2) is 68.4 Å². The number of nitrogens with one attached hydrogen (secondary N) is 2. The fourth-order valence-corrected chi connectivity index (χ4v) is 2.92. The highest BCUT2D eigenvalue weighted by molar-refractivity contribution is 5.97. The molecule has 2 saturated heterocycles. The van der Waals surface area contributed by atoms with Crippen LogP contribution >= 0.6 is 0 Å². The van der Waals surface area contributed by atoms with E-state index in [1.165, 1.54) is 0 Å². The first-order valence-electron chi connectivity index (χ1n) is 7.19. The van der Waals surface area contributed by atoms with Gasteiger partial charge in [0.1, 0.15) is 5.52 Å². The number of aryl methyl sites for hydroxylation is 1. The van der Waals surface area contributed by atoms with Crippen molar-refractivity contribution in [2.24, 2.45) is 7.05 Å². The van der Waals surface area contributed by atoms with Crippen LogP contribution in [0.1, 0.15) is 10.4 Å². The van der Waals surface area contributed by atoms with E-state index in [2.05, 4.69) is 20.7 Å². The monoisotopic (exact) mass is 332 g/mol. The van der Waals surface area contributed by atoms with Crippen molar-refractivity contribution in [2.45, 2.75) is 5.54 Å². The molecule has 0 radical (unpaired) electrons. The third kappa shape index (κ3) is 2.62. The van der Waals surface area contributed by atoms with Crippen molar-refractivity contribution < 1.29 is 19.5 Å². The van der Waals surface area contributed by atoms with Crippen LogP contribution in [0, 0.1) is 0 Å². The van der Waals surface area contributed by atoms with E-state index in [0.29, 0.717) is 25.2 Å². The smallest absolute Gasteiger partial charge is 0.315 e. The van der Waals surface area contributed by atoms with Crippen LogP contribution in [0.25, 0.3) is 11.0 Å². The Labute approximate surface area is 136 Å². The number of hydrogen-bond donors (Lipinski definition) is 3. The second-order valence-electron chi connectivity index (χ2n) is 5.75. The number of rotatable bonds is 1. The molecule has 0 unspecified atom stereocenters. The summed E-state index contributed by atoms with van der Waals surface area (Å²) in [6.45, 7) is 1.36. The van der Waals surface area contributed by atoms with Gasteiger partial charge in [-0.25, -0.2) is 4.79 Å². The molecule has 2 aliphatic heterocycles. The van der Waals surface area contributed by atoms with Crippen molar-refractivity contribution in [1.82, 2.24) is 30.3 Å². The van der Waals surface area contributed by atoms with Crippen molar-refractivity contribution in [3.8, 4) is 0 Å². The van der Waals surface area contributed by atoms with Gasteiger partial charge >= 0.3 is 6.03 Å². The van der Waals surface area contributed by atoms with E-state index in [-0.39, 0.29) is 23.9 Å². The number of nitrogens with zero attached hydrogens (tertiary/aromatic N) is 4. The molecule has 3 N–H and O–H groups in total. The van der Waals surface area contributed by atoms with Gasteiger partial charge in [0.25, 0.3) is 12.4 Å². The van der Waals surface area contributed by atoms with E-state index in [9.17, 15) is 9.59 Å². The third-order valence-corrected chi connectivity index (χ3v) is 4.09. The highest BCUT2D eigenvalue weighted by Crippen LogP contribution is 2.25. The van der Waals surface area contributed by atoms with Gasteiger partial charge in [-0.3, -0.25) is 19.3 Å². The van der Waals surface area contributed by atoms with E-state index in [4.69, 9.17) is 9.90 Å². The van der Waals surface area contributed by atoms with Crippen molar-refractivity contribution in [2.75, 3.05) is 19.6 Å². The maximum Gasteiger partial charge on any atom is 0.315 e. The molecule has 0 bridgehead atoms. The Morgan fingerprint density at radius 1 is 1.42 bits per heavy atom. The summed E-state index contributed by atoms with van der Waals surface area (Å²) in [4.78, 5) is 38.0. The van der Waals surface area contributed by atoms with Crippen LogP contribution in [0.3, 0.4) is 0 Å². The SMILES string of the molecule is Cn1ncc2ncc(C(=O)N3CC4(CNC(=O)N4)C3)cc21.O=CO. The molecule has 10 nitrogen and oxygen atoms in total. The molecular weight excluding hydrogens is 316 g/mol. The minimum Gasteiger partial charge on any atom is -0.483 e. The highest BCUT2D eigenvalue weighted by Gasteiger charge is 2.49. The minimum absolute atomic E-state index is 0.0719. The molecule has 0 aliphatic carbocycles. The normalized spacial score (nSPS) is 17.5. The first kappa shape index (κ1) is 15.7. The van der Waals surface area contributed by atoms with Gasteiger partial charge in [-0.15, -0.1) is 0 Å². The number of pyridine rings is 1. The lowest BCUT2D eigenvalue weighted by Crippen LogP contribution is -2.70. The summed E-state index contributed by atoms with van der Waals surface area (Å²) in [6.07, 6.45) is 3.24. The number of aromatic nitrogens is 3. The standard InChI is InChI=1S/C13H14N6O2.CH2O2/c1-18-10-2-8(3-14-9(10)4-16-18)11(20)19-6-13(7-19)5-15-12(21)17-13;2-1-3/h2-4H,5-7H2,1H3,(H2,15,17,21);1H,(H,2,3). The summed E-state index contributed by atoms with van der Waals surface area (Å²) < 4.78 is 1.69. The zero-order valence-electron chi connectivity index (χ0n) is 12.9. The van der Waals surface area contributed by atoms with Crippen LogP contribution in [0.5, 0.6) is 0 Å². The van der Waals surface area contributed by atoms with E-state index in [1.54, 1.807) is 28.0 Å². The number of likely N-dealkylation sites (tertiary alicyclic amines) is 1. The minimum atomic E-state index is -0.295. The van der Waals surface area contributed by atoms with Gasteiger partial charge in [-0.2, -0.15) is 5.10 Å². The predicted molar refractivity (Wildman–Crippen MR) is 82.4 cm³/mol. The molecule has 24 heavy (non-hydrogen) atoms. The number of carbonyl (C=O) groups is 3. The van der Waals surface area contributed by atoms with Gasteiger partial charge in [0, 0.05) is 32.9 Å². The summed E-state index contributed by atoms with van der Waals surface area (Å²) >= 11 is 0. The highest BCUT2D eigenvalue weighted by atomic mass is 16.3. The quantitative estimate of drug-likeness (QED) is 0.585. The zero-order chi connectivity index (χ0) is 17.3. The number of carbonyl (C=O) groups excluding carboxylic acids is 2. The van der Waals surface area contributed by atoms with E-state index in [0.717, 1.165) is 11.0 Å². The Kier molecular flexibility index (Phi) is 3.80. The molecule has 0 saturated carbocycles. The van der Waals surface area contributed by atoms with E-state index in [1.807, 2.05) is 7.05 Å². The Hall–Kier alpha value is -3.17. The molecule has 4 heterocycles. The number of amides is 3. The molecule has 3 amide bonds. The lowest BCUT2D eigenvalue weighted by molar-refractivity contribution is -0.122. The van der Waals surface area contributed by atoms with Crippen LogP contribution in [-0.2, 0) is 11.8 Å². The third-order valence-electron chi connectivity index (χ3n) is 4.09. The van der Waals surface area contributed by atoms with Crippen molar-refractivity contribution >= 4 is 29.4 Å². The lowest BCUT2D eigenvalue weighted by atomic mass is 9.90. The summed E-state index contributed by atoms with van der Waals surface area (Å²) in [6, 6.07) is 1.63. The van der Waals surface area contributed by atoms with Crippen LogP contribution in [0.2, 0.25) is 0 Å². The molecule has 10 heteroatoms. The fraction of sp³-hybridized carbons (Fsp3) is 0.357. The first-order valence-corrected chi connectivity index (χ1v) is 7.19. The number of hydrogen-bond acceptors (Lipinski definition) is 5. The molecule has 126 valence electrons. The Balaban J connectivity index is 0.000000526. The Morgan fingerprint density at radius 3 is 2.75 bits per heavy atom. The second-order valence-corrected chi connectivity index (χ2v) is 5.75. The van der Waals surface area contributed by atoms with Gasteiger partial charge in [0.15, 0.2) is 0 Å². The predicted octanol–water partition coefficient (Wildman–Crippen LogP) is -0.823. The fourth-order valence-electron chi connectivity index (χ4n) is 2.92. The molecule has 0 atom stereocenters. The Morgan fingerprint density at radius 2 is 2.12 bits per heavy atom. The topological polar surface area (TPSA) is 129 Å². The summed E-state index contributed by atoms with van der Waals surface area (Å²) in [5.74, 6) is -0.0719. The molecular formula is C14H16N6O4. The number of urea groups is 1. The summed E-state index contributed by atoms with van der Waals surface area (Å²) in [5.41, 5.74) is 1.84. The number of carboxylic acid groups (broad SMARTS) is 1. The molecule has 2 fully saturated rings. The zero-order valence-corrected chi connectivity index (χ0v) is 12.9. The molecule has 4 rings (SSSR count). The van der Waals surface area contributed by atoms with Crippen LogP contribution in [0.4, 0.5) is 4.79 Å². The summed E-state index contributed by atoms with van der Waals surface area (Å²) in [7, 11) is 1.82. The van der Waals surface area contributed by atoms with Crippen LogP contribution in [0.15, 0.2) is 18.5 Å². The largest absolute Gasteiger partial charge is 0.483 e. The van der Waals surface area contributed by atoms with Gasteiger partial charge in [-0.1, -0.05) is 0 Å². The van der Waals surface area contributed by atoms with Crippen molar-refractivity contribution in [3.05, 3.63) is 24.0 Å². The Bertz CT molecular complexity index is 811. The average molecular weight is 332 g/mol. The van der Waals surface area contributed by atoms with E-state index < -0.39 is 0 Å². The van der Waals surface area contributed by atoms with Crippen molar-refractivity contribution in [1.29, 1.82) is 0 Å². The lowest BCUT2D eigenvalue weighted by Gasteiger charge is -2.46. The van der Waals surface area contributed by atoms with Gasteiger partial charge in [0.05, 0.1) is 22.8 Å². The molecule has 1 spiro atoms. The van der Waals surface area contributed by atoms with Gasteiger partial charge in [0.2, 0.25) is 0 Å². The summed E-state index contributed by atoms with van der Waals surface area (Å²) in [5, 5.41) is 16.6. The molecule has 2 aromatic rings. The maximum atomic E-state index is 12.4. The van der Waals surface area contributed by atoms with Gasteiger partial charge in [-0.05, 0) is 6.07 Å². The molecule has 2 aliphatic rings. The second kappa shape index (κ2) is 5.80. The van der Waals surface area contributed by atoms with Gasteiger partial charge < -0.3 is 20.6 Å². The average Bonchev–Trinajstić information content (AvgIpc) is 3.09. The number of fused-ring (bicyclic) bond motifs is 1. The molecule has 0 aromatic carbocycles. The first-order chi connectivity index (χ1) is 11.5. The van der Waals surface area contributed by atoms with E-state index >= 15 is 0 Å². The maximum absolute atomic E-state index is 12.4. The van der Waals surface area contributed by atoms with Crippen molar-refractivity contribution in [3.63, 3.8) is 0 Å².